The summed E-state index contributed by atoms with van der Waals surface area (Å²) in [5.41, 5.74) is 5.36. The number of amides is 1. The third kappa shape index (κ3) is 4.33. The van der Waals surface area contributed by atoms with Crippen molar-refractivity contribution in [3.05, 3.63) is 45.7 Å². The third-order valence-corrected chi connectivity index (χ3v) is 4.04. The van der Waals surface area contributed by atoms with Gasteiger partial charge in [0.2, 0.25) is 0 Å². The molecule has 2 rings (SSSR count). The van der Waals surface area contributed by atoms with Gasteiger partial charge in [-0.3, -0.25) is 9.59 Å². The van der Waals surface area contributed by atoms with Crippen molar-refractivity contribution in [2.75, 3.05) is 11.6 Å². The van der Waals surface area contributed by atoms with Crippen LogP contribution < -0.4 is 16.6 Å². The van der Waals surface area contributed by atoms with Gasteiger partial charge in [0.25, 0.3) is 11.5 Å². The lowest BCUT2D eigenvalue weighted by atomic mass is 10.2. The molecule has 0 atom stereocenters. The molecule has 1 heterocycles. The highest BCUT2D eigenvalue weighted by Crippen LogP contribution is 2.20. The van der Waals surface area contributed by atoms with Crippen molar-refractivity contribution in [1.82, 2.24) is 9.97 Å². The minimum Gasteiger partial charge on any atom is -0.365 e. The van der Waals surface area contributed by atoms with Gasteiger partial charge >= 0.3 is 0 Å². The van der Waals surface area contributed by atoms with Crippen LogP contribution in [0.2, 0.25) is 0 Å². The highest BCUT2D eigenvalue weighted by atomic mass is 32.2. The minimum absolute atomic E-state index is 0.0225. The molecule has 0 radical (unpaired) electrons. The van der Waals surface area contributed by atoms with E-state index >= 15 is 0 Å². The van der Waals surface area contributed by atoms with Crippen molar-refractivity contribution in [2.24, 2.45) is 5.73 Å². The number of thioether (sulfide) groups is 1. The van der Waals surface area contributed by atoms with E-state index in [1.807, 2.05) is 0 Å². The van der Waals surface area contributed by atoms with E-state index < -0.39 is 22.2 Å². The maximum absolute atomic E-state index is 11.9. The van der Waals surface area contributed by atoms with Crippen LogP contribution >= 0.6 is 11.8 Å². The number of carbonyl (C=O) groups excluding carboxylic acids is 1. The molecule has 2 aromatic rings. The molecule has 0 bridgehead atoms. The van der Waals surface area contributed by atoms with Crippen LogP contribution in [0.3, 0.4) is 0 Å². The Hall–Kier alpha value is -2.33. The summed E-state index contributed by atoms with van der Waals surface area (Å²) >= 11 is 1.20. The SMILES string of the molecule is CSc1nc(Nc2cccc(C[SH](=O)=O)c2)c(C(N)=O)c(=O)[nH]1. The molecule has 0 spiro atoms. The van der Waals surface area contributed by atoms with Crippen molar-refractivity contribution in [3.8, 4) is 0 Å². The monoisotopic (exact) mass is 354 g/mol. The Morgan fingerprint density at radius 3 is 2.78 bits per heavy atom. The number of primary amides is 1. The van der Waals surface area contributed by atoms with E-state index in [1.165, 1.54) is 11.8 Å². The molecule has 1 amide bonds. The number of hydrogen-bond donors (Lipinski definition) is 4. The molecule has 8 nitrogen and oxygen atoms in total. The van der Waals surface area contributed by atoms with E-state index in [1.54, 1.807) is 30.5 Å². The van der Waals surface area contributed by atoms with Gasteiger partial charge < -0.3 is 16.0 Å². The third-order valence-electron chi connectivity index (χ3n) is 2.84. The molecule has 0 saturated carbocycles. The molecule has 1 aromatic heterocycles. The van der Waals surface area contributed by atoms with Crippen LogP contribution in [-0.2, 0) is 16.5 Å². The first-order valence-electron chi connectivity index (χ1n) is 6.36. The Balaban J connectivity index is 2.45. The first kappa shape index (κ1) is 17.0. The van der Waals surface area contributed by atoms with E-state index in [4.69, 9.17) is 5.73 Å². The van der Waals surface area contributed by atoms with Crippen LogP contribution in [0.4, 0.5) is 11.5 Å². The Morgan fingerprint density at radius 2 is 2.17 bits per heavy atom. The van der Waals surface area contributed by atoms with Crippen molar-refractivity contribution >= 4 is 39.9 Å². The number of anilines is 2. The molecule has 0 unspecified atom stereocenters. The van der Waals surface area contributed by atoms with Gasteiger partial charge in [0.15, 0.2) is 11.0 Å². The lowest BCUT2D eigenvalue weighted by Crippen LogP contribution is -2.26. The summed E-state index contributed by atoms with van der Waals surface area (Å²) in [5.74, 6) is -0.992. The molecular weight excluding hydrogens is 340 g/mol. The molecular formula is C13H14N4O4S2. The maximum atomic E-state index is 11.9. The molecule has 122 valence electrons. The lowest BCUT2D eigenvalue weighted by Gasteiger charge is -2.10. The number of hydrogen-bond acceptors (Lipinski definition) is 7. The Kier molecular flexibility index (Phi) is 5.40. The number of nitrogens with one attached hydrogen (secondary N) is 2. The summed E-state index contributed by atoms with van der Waals surface area (Å²) in [6.45, 7) is 0. The largest absolute Gasteiger partial charge is 0.365 e. The van der Waals surface area contributed by atoms with Gasteiger partial charge in [-0.2, -0.15) is 0 Å². The summed E-state index contributed by atoms with van der Waals surface area (Å²) in [5, 5.41) is 3.16. The summed E-state index contributed by atoms with van der Waals surface area (Å²) in [7, 11) is -2.55. The number of benzene rings is 1. The average Bonchev–Trinajstić information content (AvgIpc) is 2.45. The zero-order chi connectivity index (χ0) is 17.0. The predicted molar refractivity (Wildman–Crippen MR) is 88.9 cm³/mol. The normalized spacial score (nSPS) is 10.7. The summed E-state index contributed by atoms with van der Waals surface area (Å²) in [6.07, 6.45) is 1.72. The molecule has 0 aliphatic rings. The number of carbonyl (C=O) groups is 1. The Morgan fingerprint density at radius 1 is 1.43 bits per heavy atom. The van der Waals surface area contributed by atoms with Gasteiger partial charge in [0.05, 0.1) is 5.75 Å². The topological polar surface area (TPSA) is 135 Å². The van der Waals surface area contributed by atoms with Crippen LogP contribution in [0, 0.1) is 0 Å². The van der Waals surface area contributed by atoms with Gasteiger partial charge in [-0.1, -0.05) is 23.9 Å². The summed E-state index contributed by atoms with van der Waals surface area (Å²) < 4.78 is 21.6. The minimum atomic E-state index is -2.55. The van der Waals surface area contributed by atoms with Crippen LogP contribution in [0.5, 0.6) is 0 Å². The van der Waals surface area contributed by atoms with Crippen molar-refractivity contribution in [2.45, 2.75) is 10.9 Å². The van der Waals surface area contributed by atoms with E-state index in [9.17, 15) is 18.0 Å². The first-order chi connectivity index (χ1) is 10.9. The quantitative estimate of drug-likeness (QED) is 0.336. The molecule has 4 N–H and O–H groups in total. The Labute approximate surface area is 137 Å². The number of aromatic amines is 1. The highest BCUT2D eigenvalue weighted by Gasteiger charge is 2.16. The van der Waals surface area contributed by atoms with Crippen molar-refractivity contribution in [1.29, 1.82) is 0 Å². The van der Waals surface area contributed by atoms with Crippen molar-refractivity contribution in [3.63, 3.8) is 0 Å². The van der Waals surface area contributed by atoms with Gasteiger partial charge in [-0.05, 0) is 24.0 Å². The number of nitrogens with two attached hydrogens (primary N) is 1. The molecule has 23 heavy (non-hydrogen) atoms. The fourth-order valence-electron chi connectivity index (χ4n) is 1.90. The van der Waals surface area contributed by atoms with Gasteiger partial charge in [-0.25, -0.2) is 13.4 Å². The zero-order valence-electron chi connectivity index (χ0n) is 12.0. The average molecular weight is 354 g/mol. The summed E-state index contributed by atoms with van der Waals surface area (Å²) in [6, 6.07) is 6.57. The van der Waals surface area contributed by atoms with E-state index in [0.717, 1.165) is 0 Å². The molecule has 0 aliphatic carbocycles. The van der Waals surface area contributed by atoms with Crippen molar-refractivity contribution < 1.29 is 13.2 Å². The van der Waals surface area contributed by atoms with E-state index in [2.05, 4.69) is 15.3 Å². The van der Waals surface area contributed by atoms with Crippen LogP contribution in [0.15, 0.2) is 34.2 Å². The molecule has 1 aromatic carbocycles. The molecule has 0 saturated heterocycles. The second-order valence-electron chi connectivity index (χ2n) is 4.48. The number of H-pyrrole nitrogens is 1. The highest BCUT2D eigenvalue weighted by molar-refractivity contribution is 7.98. The first-order valence-corrected chi connectivity index (χ1v) is 8.95. The fourth-order valence-corrected chi connectivity index (χ4v) is 2.77. The van der Waals surface area contributed by atoms with Crippen LogP contribution in [0.1, 0.15) is 15.9 Å². The van der Waals surface area contributed by atoms with Crippen LogP contribution in [0.25, 0.3) is 0 Å². The van der Waals surface area contributed by atoms with Crippen LogP contribution in [-0.4, -0.2) is 30.5 Å². The molecule has 10 heteroatoms. The predicted octanol–water partition coefficient (Wildman–Crippen LogP) is 0.446. The van der Waals surface area contributed by atoms with E-state index in [-0.39, 0.29) is 17.1 Å². The maximum Gasteiger partial charge on any atom is 0.266 e. The standard InChI is InChI=1S/C13H14N4O4S2/c1-22-13-16-11(9(10(14)18)12(19)17-13)15-8-4-2-3-7(5-8)6-23(20)21/h2-5,23H,6H2,1H3,(H2,14,18)(H2,15,16,17,19). The van der Waals surface area contributed by atoms with Gasteiger partial charge in [-0.15, -0.1) is 0 Å². The lowest BCUT2D eigenvalue weighted by molar-refractivity contribution is 0.0999. The van der Waals surface area contributed by atoms with E-state index in [0.29, 0.717) is 16.4 Å². The Bertz CT molecular complexity index is 869. The number of thiol groups is 1. The molecule has 0 aliphatic heterocycles. The van der Waals surface area contributed by atoms with Gasteiger partial charge in [0.1, 0.15) is 16.3 Å². The summed E-state index contributed by atoms with van der Waals surface area (Å²) in [4.78, 5) is 30.0. The second-order valence-corrected chi connectivity index (χ2v) is 6.26. The number of nitrogens with zero attached hydrogens (tertiary/aromatic N) is 1. The number of aromatic nitrogens is 2. The number of rotatable bonds is 6. The molecule has 0 fully saturated rings. The smallest absolute Gasteiger partial charge is 0.266 e. The van der Waals surface area contributed by atoms with Gasteiger partial charge in [0, 0.05) is 5.69 Å². The zero-order valence-corrected chi connectivity index (χ0v) is 13.7. The second kappa shape index (κ2) is 7.29. The fraction of sp³-hybridized carbons (Fsp3) is 0.154.